The first-order valence-electron chi connectivity index (χ1n) is 14.4. The second-order valence-electron chi connectivity index (χ2n) is 14.2. The summed E-state index contributed by atoms with van der Waals surface area (Å²) >= 11 is -4.56. The van der Waals surface area contributed by atoms with Crippen LogP contribution in [-0.2, 0) is 26.4 Å². The van der Waals surface area contributed by atoms with Crippen LogP contribution >= 0.6 is 17.0 Å². The van der Waals surface area contributed by atoms with Gasteiger partial charge in [-0.05, 0) is 0 Å². The van der Waals surface area contributed by atoms with Crippen LogP contribution in [0.15, 0.2) is 72.3 Å². The molecule has 2 unspecified atom stereocenters. The van der Waals surface area contributed by atoms with E-state index in [4.69, 9.17) is 17.0 Å². The van der Waals surface area contributed by atoms with Crippen LogP contribution < -0.4 is 0 Å². The van der Waals surface area contributed by atoms with E-state index >= 15 is 0 Å². The molecule has 2 aliphatic carbocycles. The molecule has 0 spiro atoms. The van der Waals surface area contributed by atoms with Crippen molar-refractivity contribution in [2.24, 2.45) is 0 Å². The second kappa shape index (κ2) is 9.69. The minimum atomic E-state index is -4.56. The van der Waals surface area contributed by atoms with E-state index < -0.39 is 21.5 Å². The normalized spacial score (nSPS) is 20.0. The van der Waals surface area contributed by atoms with E-state index in [9.17, 15) is 0 Å². The average molecular weight is 654 g/mol. The van der Waals surface area contributed by atoms with Crippen molar-refractivity contribution in [3.8, 4) is 11.1 Å². The zero-order valence-corrected chi connectivity index (χ0v) is 30.1. The first-order chi connectivity index (χ1) is 18.0. The molecule has 0 radical (unpaired) electrons. The minimum absolute atomic E-state index is 0.0630. The van der Waals surface area contributed by atoms with Gasteiger partial charge in [0, 0.05) is 0 Å². The van der Waals surface area contributed by atoms with Crippen molar-refractivity contribution < 1.29 is 15.6 Å². The molecule has 4 heteroatoms. The van der Waals surface area contributed by atoms with Crippen LogP contribution in [0.25, 0.3) is 23.3 Å². The predicted molar refractivity (Wildman–Crippen MR) is 174 cm³/mol. The van der Waals surface area contributed by atoms with E-state index in [-0.39, 0.29) is 18.1 Å². The van der Waals surface area contributed by atoms with Crippen LogP contribution in [0.3, 0.4) is 0 Å². The third kappa shape index (κ3) is 4.67. The molecule has 3 aromatic carbocycles. The molecule has 0 saturated carbocycles. The molecule has 0 saturated heterocycles. The molecule has 3 aromatic rings. The summed E-state index contributed by atoms with van der Waals surface area (Å²) < 4.78 is 0.261. The Morgan fingerprint density at radius 2 is 1.36 bits per heavy atom. The topological polar surface area (TPSA) is 0 Å². The van der Waals surface area contributed by atoms with Gasteiger partial charge in [0.25, 0.3) is 0 Å². The van der Waals surface area contributed by atoms with E-state index in [0.29, 0.717) is 0 Å². The van der Waals surface area contributed by atoms with Crippen molar-refractivity contribution in [3.05, 3.63) is 106 Å². The van der Waals surface area contributed by atoms with Crippen molar-refractivity contribution in [1.82, 2.24) is 0 Å². The third-order valence-electron chi connectivity index (χ3n) is 9.33. The van der Waals surface area contributed by atoms with Gasteiger partial charge in [-0.15, -0.1) is 0 Å². The molecule has 2 aliphatic rings. The molecule has 0 heterocycles. The summed E-state index contributed by atoms with van der Waals surface area (Å²) in [4.78, 5) is 0. The van der Waals surface area contributed by atoms with Crippen LogP contribution in [0.1, 0.15) is 89.1 Å². The summed E-state index contributed by atoms with van der Waals surface area (Å²) in [6.45, 7) is 20.8. The van der Waals surface area contributed by atoms with Crippen LogP contribution in [0.2, 0.25) is 13.1 Å². The van der Waals surface area contributed by atoms with E-state index in [1.165, 1.54) is 50.1 Å². The van der Waals surface area contributed by atoms with Gasteiger partial charge < -0.3 is 0 Å². The Morgan fingerprint density at radius 1 is 0.744 bits per heavy atom. The first-order valence-corrected chi connectivity index (χ1v) is 30.7. The summed E-state index contributed by atoms with van der Waals surface area (Å²) in [6, 6.07) is 22.7. The van der Waals surface area contributed by atoms with Crippen molar-refractivity contribution in [2.75, 3.05) is 0 Å². The molecule has 0 aromatic heterocycles. The molecule has 0 aliphatic heterocycles. The molecular formula is C35H43Cl2SiZr. The molecular weight excluding hydrogens is 611 g/mol. The van der Waals surface area contributed by atoms with Gasteiger partial charge in [-0.2, -0.15) is 0 Å². The Labute approximate surface area is 245 Å². The zero-order valence-electron chi connectivity index (χ0n) is 25.0. The summed E-state index contributed by atoms with van der Waals surface area (Å²) in [7, 11) is 16.5. The number of halogens is 2. The van der Waals surface area contributed by atoms with E-state index in [0.717, 1.165) is 0 Å². The zero-order chi connectivity index (χ0) is 28.6. The molecule has 205 valence electrons. The number of benzene rings is 3. The fourth-order valence-corrected chi connectivity index (χ4v) is 37.2. The van der Waals surface area contributed by atoms with E-state index in [1.807, 2.05) is 0 Å². The molecule has 0 fully saturated rings. The molecule has 0 amide bonds. The van der Waals surface area contributed by atoms with Crippen molar-refractivity contribution in [3.63, 3.8) is 0 Å². The fraction of sp³-hybridized carbons (Fsp3) is 0.371. The molecule has 2 atom stereocenters. The van der Waals surface area contributed by atoms with Gasteiger partial charge in [0.05, 0.1) is 0 Å². The van der Waals surface area contributed by atoms with Crippen molar-refractivity contribution in [2.45, 2.75) is 79.6 Å². The van der Waals surface area contributed by atoms with E-state index in [1.54, 1.807) is 0 Å². The standard InChI is InChI=1S/C19H19.C14H17.C2H7Si.2ClH.Zr/c1-19(2,3)16-12-10-15(11-13-16)18-9-5-7-14-6-4-8-17(14)18;1-10-8-11-6-5-7-13(12(11)9-10)14(2,3)4;1-3-2;;;/h4-13H,1-3H3;5-9H,1-4H3;3H,1-2H3;2*1H;/q;;;;;+2/p-2. The molecule has 0 N–H and O–H groups in total. The van der Waals surface area contributed by atoms with Gasteiger partial charge in [-0.3, -0.25) is 0 Å². The quantitative estimate of drug-likeness (QED) is 0.246. The first kappa shape index (κ1) is 29.3. The Hall–Kier alpha value is -1.18. The Balaban J connectivity index is 1.65. The monoisotopic (exact) mass is 651 g/mol. The fourth-order valence-electron chi connectivity index (χ4n) is 7.03. The maximum atomic E-state index is 8.27. The summed E-state index contributed by atoms with van der Waals surface area (Å²) in [5.41, 5.74) is 12.2. The average Bonchev–Trinajstić information content (AvgIpc) is 3.44. The molecule has 0 bridgehead atoms. The number of hydrogen-bond acceptors (Lipinski definition) is 0. The van der Waals surface area contributed by atoms with Crippen LogP contribution in [-0.4, -0.2) is 5.92 Å². The van der Waals surface area contributed by atoms with Crippen LogP contribution in [0.5, 0.6) is 0 Å². The summed E-state index contributed by atoms with van der Waals surface area (Å²) in [5.74, 6) is -1.50. The Morgan fingerprint density at radius 3 is 1.95 bits per heavy atom. The van der Waals surface area contributed by atoms with Gasteiger partial charge in [0.15, 0.2) is 0 Å². The predicted octanol–water partition coefficient (Wildman–Crippen LogP) is 11.2. The Kier molecular flexibility index (Phi) is 7.29. The van der Waals surface area contributed by atoms with Gasteiger partial charge in [-0.25, -0.2) is 0 Å². The van der Waals surface area contributed by atoms with Gasteiger partial charge >= 0.3 is 247 Å². The van der Waals surface area contributed by atoms with Gasteiger partial charge in [0.1, 0.15) is 0 Å². The summed E-state index contributed by atoms with van der Waals surface area (Å²) in [6.07, 6.45) is 7.11. The SMILES string of the molecule is CC1=Cc2c(cccc2C(C)(C)C)[CH]1[Zr]([Cl])([Cl])([CH]1C=Cc2c(-c3ccc(C(C)(C)C)cc3)cccc21)[SiH](C)C. The Bertz CT molecular complexity index is 1500. The van der Waals surface area contributed by atoms with Gasteiger partial charge in [-0.1, -0.05) is 0 Å². The summed E-state index contributed by atoms with van der Waals surface area (Å²) in [5, 5.41) is 0. The second-order valence-corrected chi connectivity index (χ2v) is 56.8. The number of rotatable bonds is 4. The van der Waals surface area contributed by atoms with Crippen LogP contribution in [0.4, 0.5) is 0 Å². The molecule has 0 nitrogen and oxygen atoms in total. The number of fused-ring (bicyclic) bond motifs is 2. The molecule has 39 heavy (non-hydrogen) atoms. The van der Waals surface area contributed by atoms with E-state index in [2.05, 4.69) is 140 Å². The third-order valence-corrected chi connectivity index (χ3v) is 61.5. The van der Waals surface area contributed by atoms with Crippen molar-refractivity contribution in [1.29, 1.82) is 0 Å². The maximum absolute atomic E-state index is 8.27. The number of hydrogen-bond donors (Lipinski definition) is 0. The van der Waals surface area contributed by atoms with Gasteiger partial charge in [0.2, 0.25) is 0 Å². The molecule has 5 rings (SSSR count). The number of allylic oxidation sites excluding steroid dienone is 2. The van der Waals surface area contributed by atoms with Crippen molar-refractivity contribution >= 4 is 35.1 Å². The van der Waals surface area contributed by atoms with Crippen LogP contribution in [0, 0.1) is 0 Å².